The molecule has 2 aromatic rings. The Labute approximate surface area is 181 Å². The van der Waals surface area contributed by atoms with Gasteiger partial charge in [0.05, 0.1) is 19.7 Å². The second-order valence-electron chi connectivity index (χ2n) is 6.51. The first-order chi connectivity index (χ1) is 15.1. The van der Waals surface area contributed by atoms with Crippen LogP contribution in [0.1, 0.15) is 39.4 Å². The van der Waals surface area contributed by atoms with Gasteiger partial charge in [0.1, 0.15) is 17.2 Å². The van der Waals surface area contributed by atoms with Gasteiger partial charge < -0.3 is 28.7 Å². The molecular formula is C20H22F2N2O8. The van der Waals surface area contributed by atoms with E-state index in [2.05, 4.69) is 5.48 Å². The van der Waals surface area contributed by atoms with Gasteiger partial charge in [0, 0.05) is 32.0 Å². The van der Waals surface area contributed by atoms with Crippen LogP contribution in [-0.4, -0.2) is 49.2 Å². The van der Waals surface area contributed by atoms with Crippen molar-refractivity contribution < 1.29 is 42.5 Å². The topological polar surface area (TPSA) is 125 Å². The molecule has 1 aromatic heterocycles. The minimum atomic E-state index is -1.48. The van der Waals surface area contributed by atoms with Gasteiger partial charge in [-0.15, -0.1) is 5.48 Å². The Balaban J connectivity index is 2.37. The zero-order valence-corrected chi connectivity index (χ0v) is 17.7. The molecule has 0 saturated heterocycles. The zero-order chi connectivity index (χ0) is 24.0. The first kappa shape index (κ1) is 24.9. The molecule has 1 heterocycles. The SMILES string of the molecule is COc1c(C(=O)O)n(CC(OC)OC)cc(C(=O)ONC(C)c2ccc(F)cc2F)c1=O. The van der Waals surface area contributed by atoms with Gasteiger partial charge in [0.2, 0.25) is 5.43 Å². The standard InChI is InChI=1S/C20H22F2N2O8/c1-10(12-6-5-11(21)7-14(12)22)23-32-20(28)13-8-24(9-15(29-2)30-3)16(19(26)27)18(31-4)17(13)25/h5-8,10,15,23H,9H2,1-4H3,(H,26,27). The molecule has 0 saturated carbocycles. The predicted molar refractivity (Wildman–Crippen MR) is 105 cm³/mol. The quantitative estimate of drug-likeness (QED) is 0.407. The van der Waals surface area contributed by atoms with E-state index in [1.165, 1.54) is 27.2 Å². The summed E-state index contributed by atoms with van der Waals surface area (Å²) in [6, 6.07) is 1.98. The molecule has 0 aliphatic carbocycles. The second kappa shape index (κ2) is 10.8. The van der Waals surface area contributed by atoms with Gasteiger partial charge in [-0.25, -0.2) is 18.4 Å². The van der Waals surface area contributed by atoms with Gasteiger partial charge in [0.15, 0.2) is 17.7 Å². The summed E-state index contributed by atoms with van der Waals surface area (Å²) in [5, 5.41) is 9.53. The van der Waals surface area contributed by atoms with Crippen LogP contribution < -0.4 is 15.6 Å². The first-order valence-electron chi connectivity index (χ1n) is 9.16. The number of rotatable bonds is 10. The van der Waals surface area contributed by atoms with E-state index < -0.39 is 58.3 Å². The van der Waals surface area contributed by atoms with Gasteiger partial charge in [-0.3, -0.25) is 4.79 Å². The largest absolute Gasteiger partial charge is 0.491 e. The molecule has 0 aliphatic rings. The number of halogens is 2. The lowest BCUT2D eigenvalue weighted by atomic mass is 10.1. The molecule has 174 valence electrons. The number of pyridine rings is 1. The van der Waals surface area contributed by atoms with E-state index in [1.54, 1.807) is 0 Å². The third-order valence-electron chi connectivity index (χ3n) is 4.49. The lowest BCUT2D eigenvalue weighted by Gasteiger charge is -2.20. The number of nitrogens with one attached hydrogen (secondary N) is 1. The number of carboxylic acids is 1. The van der Waals surface area contributed by atoms with Crippen molar-refractivity contribution in [1.29, 1.82) is 0 Å². The van der Waals surface area contributed by atoms with Crippen LogP contribution in [0.3, 0.4) is 0 Å². The number of benzene rings is 1. The molecule has 0 radical (unpaired) electrons. The van der Waals surface area contributed by atoms with Crippen LogP contribution in [0.4, 0.5) is 8.78 Å². The van der Waals surface area contributed by atoms with Crippen molar-refractivity contribution in [2.24, 2.45) is 0 Å². The zero-order valence-electron chi connectivity index (χ0n) is 17.7. The molecule has 0 bridgehead atoms. The molecule has 0 fully saturated rings. The molecular weight excluding hydrogens is 434 g/mol. The number of aromatic carboxylic acids is 1. The highest BCUT2D eigenvalue weighted by atomic mass is 19.1. The maximum atomic E-state index is 13.9. The molecule has 1 aromatic carbocycles. The smallest absolute Gasteiger partial charge is 0.362 e. The Bertz CT molecular complexity index is 1050. The van der Waals surface area contributed by atoms with E-state index in [4.69, 9.17) is 19.0 Å². The maximum absolute atomic E-state index is 13.9. The number of carbonyl (C=O) groups is 2. The van der Waals surface area contributed by atoms with Crippen molar-refractivity contribution in [3.63, 3.8) is 0 Å². The third kappa shape index (κ3) is 5.46. The number of carbonyl (C=O) groups excluding carboxylic acids is 1. The number of hydrogen-bond donors (Lipinski definition) is 2. The number of nitrogens with zero attached hydrogens (tertiary/aromatic N) is 1. The van der Waals surface area contributed by atoms with E-state index >= 15 is 0 Å². The summed E-state index contributed by atoms with van der Waals surface area (Å²) in [4.78, 5) is 41.8. The number of aromatic nitrogens is 1. The number of ether oxygens (including phenoxy) is 3. The monoisotopic (exact) mass is 456 g/mol. The predicted octanol–water partition coefficient (Wildman–Crippen LogP) is 1.87. The first-order valence-corrected chi connectivity index (χ1v) is 9.16. The third-order valence-corrected chi connectivity index (χ3v) is 4.49. The van der Waals surface area contributed by atoms with Crippen LogP contribution in [0.15, 0.2) is 29.2 Å². The van der Waals surface area contributed by atoms with Crippen molar-refractivity contribution in [2.75, 3.05) is 21.3 Å². The molecule has 0 aliphatic heterocycles. The van der Waals surface area contributed by atoms with Crippen molar-refractivity contribution in [1.82, 2.24) is 10.0 Å². The summed E-state index contributed by atoms with van der Waals surface area (Å²) in [7, 11) is 3.72. The summed E-state index contributed by atoms with van der Waals surface area (Å²) in [6.07, 6.45) is 0.0655. The molecule has 1 unspecified atom stereocenters. The number of hydroxylamine groups is 1. The van der Waals surface area contributed by atoms with Gasteiger partial charge in [-0.1, -0.05) is 6.07 Å². The average Bonchev–Trinajstić information content (AvgIpc) is 2.75. The lowest BCUT2D eigenvalue weighted by molar-refractivity contribution is -0.111. The lowest BCUT2D eigenvalue weighted by Crippen LogP contribution is -2.32. The van der Waals surface area contributed by atoms with Gasteiger partial charge >= 0.3 is 11.9 Å². The minimum Gasteiger partial charge on any atom is -0.491 e. The van der Waals surface area contributed by atoms with Crippen molar-refractivity contribution in [3.8, 4) is 5.75 Å². The molecule has 0 amide bonds. The summed E-state index contributed by atoms with van der Waals surface area (Å²) in [5.41, 5.74) is 0.177. The maximum Gasteiger partial charge on any atom is 0.362 e. The normalized spacial score (nSPS) is 12.0. The average molecular weight is 456 g/mol. The van der Waals surface area contributed by atoms with Crippen LogP contribution in [0.5, 0.6) is 5.75 Å². The van der Waals surface area contributed by atoms with Crippen molar-refractivity contribution in [2.45, 2.75) is 25.8 Å². The van der Waals surface area contributed by atoms with Crippen molar-refractivity contribution in [3.05, 3.63) is 63.1 Å². The summed E-state index contributed by atoms with van der Waals surface area (Å²) >= 11 is 0. The van der Waals surface area contributed by atoms with Gasteiger partial charge in [0.25, 0.3) is 0 Å². The number of carboxylic acid groups (broad SMARTS) is 1. The Morgan fingerprint density at radius 2 is 1.84 bits per heavy atom. The van der Waals surface area contributed by atoms with E-state index in [0.717, 1.165) is 23.9 Å². The molecule has 32 heavy (non-hydrogen) atoms. The Hall–Kier alpha value is -3.35. The highest BCUT2D eigenvalue weighted by Gasteiger charge is 2.27. The minimum absolute atomic E-state index is 0.0125. The number of hydrogen-bond acceptors (Lipinski definition) is 8. The van der Waals surface area contributed by atoms with Crippen LogP contribution in [-0.2, 0) is 20.9 Å². The Kier molecular flexibility index (Phi) is 8.41. The van der Waals surface area contributed by atoms with Crippen LogP contribution in [0.25, 0.3) is 0 Å². The van der Waals surface area contributed by atoms with E-state index in [9.17, 15) is 28.3 Å². The van der Waals surface area contributed by atoms with Crippen LogP contribution >= 0.6 is 0 Å². The summed E-state index contributed by atoms with van der Waals surface area (Å²) in [6.45, 7) is 1.24. The molecule has 12 heteroatoms. The van der Waals surface area contributed by atoms with Crippen LogP contribution in [0, 0.1) is 11.6 Å². The fourth-order valence-electron chi connectivity index (χ4n) is 2.86. The van der Waals surface area contributed by atoms with Crippen molar-refractivity contribution >= 4 is 11.9 Å². The summed E-state index contributed by atoms with van der Waals surface area (Å²) < 4.78 is 43.0. The van der Waals surface area contributed by atoms with E-state index in [-0.39, 0.29) is 12.1 Å². The fourth-order valence-corrected chi connectivity index (χ4v) is 2.86. The number of methoxy groups -OCH3 is 3. The molecule has 2 N–H and O–H groups in total. The molecule has 2 rings (SSSR count). The van der Waals surface area contributed by atoms with E-state index in [0.29, 0.717) is 6.07 Å². The van der Waals surface area contributed by atoms with Gasteiger partial charge in [-0.2, -0.15) is 0 Å². The van der Waals surface area contributed by atoms with E-state index in [1.807, 2.05) is 0 Å². The highest BCUT2D eigenvalue weighted by Crippen LogP contribution is 2.19. The second-order valence-corrected chi connectivity index (χ2v) is 6.51. The van der Waals surface area contributed by atoms with Gasteiger partial charge in [-0.05, 0) is 13.0 Å². The Morgan fingerprint density at radius 3 is 2.38 bits per heavy atom. The van der Waals surface area contributed by atoms with Crippen LogP contribution in [0.2, 0.25) is 0 Å². The molecule has 0 spiro atoms. The fraction of sp³-hybridized carbons (Fsp3) is 0.350. The molecule has 1 atom stereocenters. The summed E-state index contributed by atoms with van der Waals surface area (Å²) in [5.74, 6) is -4.90. The Morgan fingerprint density at radius 1 is 1.19 bits per heavy atom. The highest BCUT2D eigenvalue weighted by molar-refractivity contribution is 5.93. The molecule has 10 nitrogen and oxygen atoms in total.